The molecule has 28 heavy (non-hydrogen) atoms. The van der Waals surface area contributed by atoms with Crippen molar-refractivity contribution in [1.82, 2.24) is 9.71 Å². The Hall–Kier alpha value is -2.12. The zero-order chi connectivity index (χ0) is 20.1. The van der Waals surface area contributed by atoms with E-state index in [2.05, 4.69) is 14.6 Å². The van der Waals surface area contributed by atoms with E-state index in [-0.39, 0.29) is 0 Å². The summed E-state index contributed by atoms with van der Waals surface area (Å²) in [4.78, 5) is 6.95. The van der Waals surface area contributed by atoms with Gasteiger partial charge in [0.2, 0.25) is 10.0 Å². The zero-order valence-corrected chi connectivity index (χ0v) is 17.6. The Morgan fingerprint density at radius 2 is 1.86 bits per heavy atom. The standard InChI is InChI=1S/C21H29N3O3S/c1-4-27-21-16(2)13-19(14-17(21)3)28(25,26)23-15-18-8-11-24(12-9-18)20-7-5-6-10-22-20/h5-7,10,13-14,18,23H,4,8-9,11-12,15H2,1-3H3. The molecule has 2 heterocycles. The summed E-state index contributed by atoms with van der Waals surface area (Å²) in [5.41, 5.74) is 1.68. The minimum absolute atomic E-state index is 0.303. The minimum atomic E-state index is -3.53. The van der Waals surface area contributed by atoms with E-state index in [0.29, 0.717) is 24.0 Å². The van der Waals surface area contributed by atoms with E-state index in [1.165, 1.54) is 0 Å². The molecule has 1 saturated heterocycles. The van der Waals surface area contributed by atoms with Crippen LogP contribution >= 0.6 is 0 Å². The van der Waals surface area contributed by atoms with Crippen LogP contribution in [0, 0.1) is 19.8 Å². The fraction of sp³-hybridized carbons (Fsp3) is 0.476. The Kier molecular flexibility index (Phi) is 6.57. The third-order valence-corrected chi connectivity index (χ3v) is 6.59. The van der Waals surface area contributed by atoms with E-state index in [1.807, 2.05) is 39.0 Å². The molecule has 1 N–H and O–H groups in total. The highest BCUT2D eigenvalue weighted by atomic mass is 32.2. The molecule has 7 heteroatoms. The highest BCUT2D eigenvalue weighted by Gasteiger charge is 2.23. The molecule has 1 aliphatic heterocycles. The number of aromatic nitrogens is 1. The number of ether oxygens (including phenoxy) is 1. The average molecular weight is 404 g/mol. The van der Waals surface area contributed by atoms with E-state index in [4.69, 9.17) is 4.74 Å². The zero-order valence-electron chi connectivity index (χ0n) is 16.8. The summed E-state index contributed by atoms with van der Waals surface area (Å²) in [6.07, 6.45) is 3.69. The van der Waals surface area contributed by atoms with Gasteiger partial charge in [-0.2, -0.15) is 0 Å². The molecule has 6 nitrogen and oxygen atoms in total. The Bertz CT molecular complexity index is 869. The molecular formula is C21H29N3O3S. The molecule has 0 bridgehead atoms. The maximum Gasteiger partial charge on any atom is 0.240 e. The van der Waals surface area contributed by atoms with Gasteiger partial charge < -0.3 is 9.64 Å². The largest absolute Gasteiger partial charge is 0.493 e. The molecule has 2 aromatic rings. The van der Waals surface area contributed by atoms with Gasteiger partial charge in [-0.3, -0.25) is 0 Å². The van der Waals surface area contributed by atoms with E-state index >= 15 is 0 Å². The van der Waals surface area contributed by atoms with Crippen molar-refractivity contribution in [3.63, 3.8) is 0 Å². The molecule has 0 amide bonds. The van der Waals surface area contributed by atoms with Crippen molar-refractivity contribution in [2.24, 2.45) is 5.92 Å². The van der Waals surface area contributed by atoms with E-state index < -0.39 is 10.0 Å². The second kappa shape index (κ2) is 8.92. The molecule has 3 rings (SSSR count). The van der Waals surface area contributed by atoms with Gasteiger partial charge >= 0.3 is 0 Å². The monoisotopic (exact) mass is 403 g/mol. The molecule has 152 valence electrons. The predicted octanol–water partition coefficient (Wildman–Crippen LogP) is 3.29. The maximum absolute atomic E-state index is 12.8. The number of aryl methyl sites for hydroxylation is 2. The summed E-state index contributed by atoms with van der Waals surface area (Å²) >= 11 is 0. The molecule has 0 radical (unpaired) electrons. The van der Waals surface area contributed by atoms with Crippen molar-refractivity contribution >= 4 is 15.8 Å². The summed E-state index contributed by atoms with van der Waals surface area (Å²) in [5, 5.41) is 0. The summed E-state index contributed by atoms with van der Waals surface area (Å²) in [6.45, 7) is 8.49. The van der Waals surface area contributed by atoms with Gasteiger partial charge in [-0.25, -0.2) is 18.1 Å². The van der Waals surface area contributed by atoms with Gasteiger partial charge in [-0.15, -0.1) is 0 Å². The smallest absolute Gasteiger partial charge is 0.240 e. The molecule has 0 spiro atoms. The summed E-state index contributed by atoms with van der Waals surface area (Å²) in [5.74, 6) is 2.09. The van der Waals surface area contributed by atoms with Crippen LogP contribution < -0.4 is 14.4 Å². The number of sulfonamides is 1. The fourth-order valence-electron chi connectivity index (χ4n) is 3.66. The lowest BCUT2D eigenvalue weighted by molar-refractivity contribution is 0.335. The second-order valence-corrected chi connectivity index (χ2v) is 9.06. The van der Waals surface area contributed by atoms with Crippen molar-refractivity contribution in [1.29, 1.82) is 0 Å². The molecule has 1 aromatic heterocycles. The van der Waals surface area contributed by atoms with Crippen molar-refractivity contribution in [2.75, 3.05) is 31.1 Å². The first-order valence-corrected chi connectivity index (χ1v) is 11.3. The van der Waals surface area contributed by atoms with Crippen LogP contribution in [0.5, 0.6) is 5.75 Å². The lowest BCUT2D eigenvalue weighted by Crippen LogP contribution is -2.39. The number of hydrogen-bond acceptors (Lipinski definition) is 5. The molecular weight excluding hydrogens is 374 g/mol. The minimum Gasteiger partial charge on any atom is -0.493 e. The highest BCUT2D eigenvalue weighted by Crippen LogP contribution is 2.27. The summed E-state index contributed by atoms with van der Waals surface area (Å²) in [6, 6.07) is 9.28. The molecule has 0 saturated carbocycles. The number of anilines is 1. The number of pyridine rings is 1. The number of hydrogen-bond donors (Lipinski definition) is 1. The Morgan fingerprint density at radius 3 is 2.43 bits per heavy atom. The number of rotatable bonds is 7. The topological polar surface area (TPSA) is 71.5 Å². The summed E-state index contributed by atoms with van der Waals surface area (Å²) in [7, 11) is -3.53. The third kappa shape index (κ3) is 4.83. The van der Waals surface area contributed by atoms with Crippen LogP contribution in [0.1, 0.15) is 30.9 Å². The van der Waals surface area contributed by atoms with E-state index in [0.717, 1.165) is 48.6 Å². The quantitative estimate of drug-likeness (QED) is 0.768. The van der Waals surface area contributed by atoms with Gasteiger partial charge in [0.15, 0.2) is 0 Å². The first-order chi connectivity index (χ1) is 13.4. The molecule has 1 fully saturated rings. The lowest BCUT2D eigenvalue weighted by Gasteiger charge is -2.32. The Labute approximate surface area is 168 Å². The molecule has 0 unspecified atom stereocenters. The van der Waals surface area contributed by atoms with Gasteiger partial charge in [-0.1, -0.05) is 6.07 Å². The molecule has 0 aliphatic carbocycles. The van der Waals surface area contributed by atoms with Crippen LogP contribution in [-0.4, -0.2) is 39.6 Å². The van der Waals surface area contributed by atoms with E-state index in [1.54, 1.807) is 18.3 Å². The number of nitrogens with one attached hydrogen (secondary N) is 1. The SMILES string of the molecule is CCOc1c(C)cc(S(=O)(=O)NCC2CCN(c3ccccn3)CC2)cc1C. The number of nitrogens with zero attached hydrogens (tertiary/aromatic N) is 2. The van der Waals surface area contributed by atoms with Crippen LogP contribution in [0.3, 0.4) is 0 Å². The highest BCUT2D eigenvalue weighted by molar-refractivity contribution is 7.89. The predicted molar refractivity (Wildman–Crippen MR) is 111 cm³/mol. The molecule has 0 atom stereocenters. The Balaban J connectivity index is 1.59. The third-order valence-electron chi connectivity index (χ3n) is 5.18. The fourth-order valence-corrected chi connectivity index (χ4v) is 4.94. The first-order valence-electron chi connectivity index (χ1n) is 9.80. The first kappa shape index (κ1) is 20.6. The van der Waals surface area contributed by atoms with Crippen molar-refractivity contribution in [2.45, 2.75) is 38.5 Å². The summed E-state index contributed by atoms with van der Waals surface area (Å²) < 4.78 is 33.9. The second-order valence-electron chi connectivity index (χ2n) is 7.29. The average Bonchev–Trinajstić information content (AvgIpc) is 2.70. The Morgan fingerprint density at radius 1 is 1.18 bits per heavy atom. The van der Waals surface area contributed by atoms with Gasteiger partial charge in [0.1, 0.15) is 11.6 Å². The maximum atomic E-state index is 12.8. The van der Waals surface area contributed by atoms with Crippen molar-refractivity contribution < 1.29 is 13.2 Å². The molecule has 1 aromatic carbocycles. The normalized spacial score (nSPS) is 15.6. The van der Waals surface area contributed by atoms with E-state index in [9.17, 15) is 8.42 Å². The van der Waals surface area contributed by atoms with Gasteiger partial charge in [0.25, 0.3) is 0 Å². The lowest BCUT2D eigenvalue weighted by atomic mass is 9.97. The van der Waals surface area contributed by atoms with Crippen LogP contribution in [0.4, 0.5) is 5.82 Å². The van der Waals surface area contributed by atoms with Gasteiger partial charge in [0, 0.05) is 25.8 Å². The van der Waals surface area contributed by atoms with Crippen LogP contribution in [0.15, 0.2) is 41.4 Å². The van der Waals surface area contributed by atoms with Gasteiger partial charge in [-0.05, 0) is 74.9 Å². The van der Waals surface area contributed by atoms with Gasteiger partial charge in [0.05, 0.1) is 11.5 Å². The number of benzene rings is 1. The van der Waals surface area contributed by atoms with Crippen molar-refractivity contribution in [3.05, 3.63) is 47.7 Å². The number of piperidine rings is 1. The van der Waals surface area contributed by atoms with Crippen LogP contribution in [0.25, 0.3) is 0 Å². The van der Waals surface area contributed by atoms with Crippen LogP contribution in [0.2, 0.25) is 0 Å². The van der Waals surface area contributed by atoms with Crippen LogP contribution in [-0.2, 0) is 10.0 Å². The van der Waals surface area contributed by atoms with Crippen molar-refractivity contribution in [3.8, 4) is 5.75 Å². The molecule has 1 aliphatic rings.